The second-order valence-electron chi connectivity index (χ2n) is 6.66. The molecule has 0 unspecified atom stereocenters. The Balaban J connectivity index is 1.54. The van der Waals surface area contributed by atoms with E-state index in [1.165, 1.54) is 30.9 Å². The first-order valence-electron chi connectivity index (χ1n) is 9.34. The number of nitrogens with zero attached hydrogens (tertiary/aromatic N) is 2. The van der Waals surface area contributed by atoms with Gasteiger partial charge in [0, 0.05) is 26.4 Å². The maximum atomic E-state index is 12.5. The van der Waals surface area contributed by atoms with Crippen LogP contribution >= 0.6 is 0 Å². The van der Waals surface area contributed by atoms with Gasteiger partial charge >= 0.3 is 12.3 Å². The summed E-state index contributed by atoms with van der Waals surface area (Å²) in [6.07, 6.45) is 0.745. The summed E-state index contributed by atoms with van der Waals surface area (Å²) in [4.78, 5) is 44.7. The molecule has 0 bridgehead atoms. The summed E-state index contributed by atoms with van der Waals surface area (Å²) >= 11 is 0. The lowest BCUT2D eigenvalue weighted by atomic mass is 10.1. The number of benzene rings is 1. The third-order valence-corrected chi connectivity index (χ3v) is 4.57. The van der Waals surface area contributed by atoms with Gasteiger partial charge in [-0.15, -0.1) is 0 Å². The highest BCUT2D eigenvalue weighted by molar-refractivity contribution is 5.76. The molecule has 1 amide bonds. The van der Waals surface area contributed by atoms with E-state index in [1.54, 1.807) is 6.07 Å². The van der Waals surface area contributed by atoms with Crippen molar-refractivity contribution in [1.82, 2.24) is 24.8 Å². The molecule has 3 N–H and O–H groups in total. The first-order chi connectivity index (χ1) is 14.8. The molecular formula is C19H21F2N5O5. The zero-order valence-corrected chi connectivity index (χ0v) is 16.8. The van der Waals surface area contributed by atoms with Gasteiger partial charge in [0.1, 0.15) is 11.3 Å². The van der Waals surface area contributed by atoms with Crippen LogP contribution in [-0.2, 0) is 24.7 Å². The van der Waals surface area contributed by atoms with Gasteiger partial charge in [0.25, 0.3) is 5.56 Å². The molecule has 31 heavy (non-hydrogen) atoms. The topological polar surface area (TPSA) is 131 Å². The Morgan fingerprint density at radius 1 is 1.23 bits per heavy atom. The summed E-state index contributed by atoms with van der Waals surface area (Å²) in [5, 5.41) is 2.73. The number of halogens is 2. The molecule has 0 fully saturated rings. The number of ether oxygens (including phenoxy) is 2. The lowest BCUT2D eigenvalue weighted by molar-refractivity contribution is -0.121. The van der Waals surface area contributed by atoms with E-state index in [-0.39, 0.29) is 48.0 Å². The van der Waals surface area contributed by atoms with Gasteiger partial charge in [-0.1, -0.05) is 6.07 Å². The van der Waals surface area contributed by atoms with Gasteiger partial charge < -0.3 is 19.8 Å². The molecule has 3 rings (SSSR count). The van der Waals surface area contributed by atoms with Gasteiger partial charge in [-0.3, -0.25) is 19.1 Å². The largest absolute Gasteiger partial charge is 0.493 e. The second-order valence-corrected chi connectivity index (χ2v) is 6.66. The van der Waals surface area contributed by atoms with E-state index in [1.807, 2.05) is 0 Å². The number of H-pyrrole nitrogens is 2. The van der Waals surface area contributed by atoms with E-state index < -0.39 is 17.9 Å². The third-order valence-electron chi connectivity index (χ3n) is 4.57. The van der Waals surface area contributed by atoms with Crippen LogP contribution in [0.5, 0.6) is 11.5 Å². The maximum absolute atomic E-state index is 12.5. The number of alkyl halides is 2. The van der Waals surface area contributed by atoms with Crippen molar-refractivity contribution in [2.24, 2.45) is 7.05 Å². The lowest BCUT2D eigenvalue weighted by Gasteiger charge is -2.12. The fraction of sp³-hybridized carbons (Fsp3) is 0.368. The van der Waals surface area contributed by atoms with Crippen molar-refractivity contribution in [3.63, 3.8) is 0 Å². The number of carbonyl (C=O) groups excluding carboxylic acids is 1. The summed E-state index contributed by atoms with van der Waals surface area (Å²) < 4.78 is 35.6. The number of fused-ring (bicyclic) bond motifs is 1. The van der Waals surface area contributed by atoms with Gasteiger partial charge in [-0.05, 0) is 24.1 Å². The monoisotopic (exact) mass is 437 g/mol. The highest BCUT2D eigenvalue weighted by Crippen LogP contribution is 2.29. The number of amides is 1. The van der Waals surface area contributed by atoms with E-state index in [2.05, 4.69) is 25.0 Å². The molecule has 0 aliphatic heterocycles. The summed E-state index contributed by atoms with van der Waals surface area (Å²) in [6.45, 7) is -2.69. The van der Waals surface area contributed by atoms with Gasteiger partial charge in [0.05, 0.1) is 7.11 Å². The molecular weight excluding hydrogens is 416 g/mol. The minimum Gasteiger partial charge on any atom is -0.493 e. The van der Waals surface area contributed by atoms with E-state index in [9.17, 15) is 23.2 Å². The molecule has 0 atom stereocenters. The lowest BCUT2D eigenvalue weighted by Crippen LogP contribution is -2.28. The van der Waals surface area contributed by atoms with Crippen LogP contribution < -0.4 is 26.0 Å². The number of rotatable bonds is 9. The summed E-state index contributed by atoms with van der Waals surface area (Å²) in [7, 11) is 2.83. The van der Waals surface area contributed by atoms with Crippen molar-refractivity contribution in [2.75, 3.05) is 13.7 Å². The number of imidazole rings is 1. The number of methoxy groups -OCH3 is 1. The van der Waals surface area contributed by atoms with Crippen LogP contribution in [0.1, 0.15) is 17.8 Å². The number of hydrogen-bond donors (Lipinski definition) is 3. The van der Waals surface area contributed by atoms with Crippen LogP contribution in [0.15, 0.2) is 27.8 Å². The van der Waals surface area contributed by atoms with Crippen molar-refractivity contribution in [3.8, 4) is 11.5 Å². The summed E-state index contributed by atoms with van der Waals surface area (Å²) in [5.41, 5.74) is -0.0802. The zero-order valence-electron chi connectivity index (χ0n) is 16.8. The maximum Gasteiger partial charge on any atom is 0.387 e. The predicted molar refractivity (Wildman–Crippen MR) is 107 cm³/mol. The molecule has 0 saturated carbocycles. The number of nitrogens with one attached hydrogen (secondary N) is 3. The third kappa shape index (κ3) is 5.27. The summed E-state index contributed by atoms with van der Waals surface area (Å²) in [6, 6.07) is 4.65. The molecule has 0 saturated heterocycles. The fourth-order valence-electron chi connectivity index (χ4n) is 3.00. The SMILES string of the molecule is COc1ccc(CCNC(=O)CCc2nc3c([nH]2)c(=O)[nH]c(=O)n3C)cc1OC(F)F. The molecule has 3 aromatic rings. The number of aromatic amines is 2. The molecule has 0 aliphatic rings. The van der Waals surface area contributed by atoms with Crippen molar-refractivity contribution in [2.45, 2.75) is 25.9 Å². The number of carbonyl (C=O) groups is 1. The number of aryl methyl sites for hydroxylation is 2. The standard InChI is InChI=1S/C19H21F2N5O5/c1-26-16-15(17(28)25-19(26)29)23-13(24-16)5-6-14(27)22-8-7-10-3-4-11(30-2)12(9-10)31-18(20)21/h3-4,9,18H,5-8H2,1-2H3,(H,22,27)(H,23,24)(H,25,28,29). The fourth-order valence-corrected chi connectivity index (χ4v) is 3.00. The minimum atomic E-state index is -2.97. The Kier molecular flexibility index (Phi) is 6.68. The minimum absolute atomic E-state index is 0.0735. The first kappa shape index (κ1) is 22.0. The Morgan fingerprint density at radius 3 is 2.71 bits per heavy atom. The van der Waals surface area contributed by atoms with Crippen LogP contribution in [0.3, 0.4) is 0 Å². The van der Waals surface area contributed by atoms with Crippen LogP contribution in [0, 0.1) is 0 Å². The van der Waals surface area contributed by atoms with E-state index >= 15 is 0 Å². The highest BCUT2D eigenvalue weighted by atomic mass is 19.3. The van der Waals surface area contributed by atoms with Crippen LogP contribution in [0.2, 0.25) is 0 Å². The number of aromatic nitrogens is 4. The molecule has 10 nitrogen and oxygen atoms in total. The Bertz CT molecular complexity index is 1200. The molecule has 0 aliphatic carbocycles. The Labute approximate surface area is 174 Å². The van der Waals surface area contributed by atoms with Crippen LogP contribution in [-0.4, -0.2) is 45.7 Å². The smallest absolute Gasteiger partial charge is 0.387 e. The molecule has 2 heterocycles. The van der Waals surface area contributed by atoms with Crippen molar-refractivity contribution in [1.29, 1.82) is 0 Å². The van der Waals surface area contributed by atoms with Gasteiger partial charge in [-0.25, -0.2) is 9.78 Å². The Morgan fingerprint density at radius 2 is 2.00 bits per heavy atom. The molecule has 0 spiro atoms. The first-order valence-corrected chi connectivity index (χ1v) is 9.34. The quantitative estimate of drug-likeness (QED) is 0.455. The van der Waals surface area contributed by atoms with E-state index in [0.29, 0.717) is 17.8 Å². The van der Waals surface area contributed by atoms with E-state index in [4.69, 9.17) is 4.74 Å². The van der Waals surface area contributed by atoms with Crippen molar-refractivity contribution >= 4 is 17.1 Å². The van der Waals surface area contributed by atoms with E-state index in [0.717, 1.165) is 0 Å². The number of hydrogen-bond acceptors (Lipinski definition) is 6. The molecule has 12 heteroatoms. The van der Waals surface area contributed by atoms with Crippen molar-refractivity contribution < 1.29 is 23.0 Å². The van der Waals surface area contributed by atoms with Gasteiger partial charge in [0.15, 0.2) is 17.1 Å². The van der Waals surface area contributed by atoms with Crippen LogP contribution in [0.25, 0.3) is 11.2 Å². The Hall–Kier alpha value is -3.70. The summed E-state index contributed by atoms with van der Waals surface area (Å²) in [5.74, 6) is 0.271. The molecule has 0 radical (unpaired) electrons. The molecule has 1 aromatic carbocycles. The van der Waals surface area contributed by atoms with Crippen LogP contribution in [0.4, 0.5) is 8.78 Å². The van der Waals surface area contributed by atoms with Crippen molar-refractivity contribution in [3.05, 3.63) is 50.4 Å². The van der Waals surface area contributed by atoms with Gasteiger partial charge in [0.2, 0.25) is 5.91 Å². The zero-order chi connectivity index (χ0) is 22.5. The second kappa shape index (κ2) is 9.41. The van der Waals surface area contributed by atoms with Gasteiger partial charge in [-0.2, -0.15) is 8.78 Å². The average molecular weight is 437 g/mol. The molecule has 166 valence electrons. The molecule has 2 aromatic heterocycles. The average Bonchev–Trinajstić information content (AvgIpc) is 3.16. The predicted octanol–water partition coefficient (Wildman–Crippen LogP) is 0.851. The normalized spacial score (nSPS) is 11.1. The highest BCUT2D eigenvalue weighted by Gasteiger charge is 2.13.